The van der Waals surface area contributed by atoms with Crippen LogP contribution in [0.5, 0.6) is 0 Å². The standard InChI is InChI=1S/C30H33N3O3/c1-20-13-15-21(16-14-20)28-27(29(35)32-19-17-22-8-6-7-18-31-22)23-9-2-3-10-24(23)30(36)33(28)25-11-4-5-12-26(25)34/h2-3,6-10,13-16,18,25-28,34H,4-5,11-12,17,19H2,1H3,(H,32,35). The lowest BCUT2D eigenvalue weighted by Crippen LogP contribution is -2.55. The second-order valence-corrected chi connectivity index (χ2v) is 9.91. The summed E-state index contributed by atoms with van der Waals surface area (Å²) in [6.45, 7) is 2.48. The Hall–Kier alpha value is -3.51. The Morgan fingerprint density at radius 1 is 1.03 bits per heavy atom. The Morgan fingerprint density at radius 3 is 2.53 bits per heavy atom. The predicted octanol–water partition coefficient (Wildman–Crippen LogP) is 4.33. The first-order valence-electron chi connectivity index (χ1n) is 12.9. The highest BCUT2D eigenvalue weighted by atomic mass is 16.3. The first kappa shape index (κ1) is 24.2. The van der Waals surface area contributed by atoms with E-state index in [9.17, 15) is 14.7 Å². The van der Waals surface area contributed by atoms with Crippen LogP contribution in [0.2, 0.25) is 0 Å². The first-order valence-corrected chi connectivity index (χ1v) is 12.9. The zero-order valence-corrected chi connectivity index (χ0v) is 20.6. The van der Waals surface area contributed by atoms with Crippen molar-refractivity contribution in [1.29, 1.82) is 0 Å². The summed E-state index contributed by atoms with van der Waals surface area (Å²) in [6.07, 6.45) is 5.07. The van der Waals surface area contributed by atoms with E-state index in [-0.39, 0.29) is 17.9 Å². The molecule has 2 aliphatic rings. The molecule has 6 heteroatoms. The van der Waals surface area contributed by atoms with Crippen molar-refractivity contribution < 1.29 is 14.7 Å². The summed E-state index contributed by atoms with van der Waals surface area (Å²) in [5, 5.41) is 14.1. The van der Waals surface area contributed by atoms with Gasteiger partial charge in [-0.05, 0) is 49.1 Å². The van der Waals surface area contributed by atoms with Gasteiger partial charge in [0.25, 0.3) is 5.91 Å². The number of aliphatic hydroxyl groups is 1. The lowest BCUT2D eigenvalue weighted by atomic mass is 9.76. The number of pyridine rings is 1. The maximum absolute atomic E-state index is 14.0. The van der Waals surface area contributed by atoms with Crippen LogP contribution in [0, 0.1) is 6.92 Å². The lowest BCUT2D eigenvalue weighted by molar-refractivity contribution is -0.125. The highest BCUT2D eigenvalue weighted by molar-refractivity contribution is 6.01. The summed E-state index contributed by atoms with van der Waals surface area (Å²) >= 11 is 0. The Bertz CT molecular complexity index is 1210. The summed E-state index contributed by atoms with van der Waals surface area (Å²) in [5.74, 6) is -0.814. The number of aromatic nitrogens is 1. The smallest absolute Gasteiger partial charge is 0.255 e. The molecule has 6 nitrogen and oxygen atoms in total. The monoisotopic (exact) mass is 483 g/mol. The first-order chi connectivity index (χ1) is 17.5. The molecule has 1 aliphatic heterocycles. The van der Waals surface area contributed by atoms with Crippen molar-refractivity contribution in [3.05, 3.63) is 101 Å². The van der Waals surface area contributed by atoms with Gasteiger partial charge in [0.2, 0.25) is 5.91 Å². The van der Waals surface area contributed by atoms with Crippen LogP contribution in [-0.2, 0) is 11.2 Å². The molecule has 5 rings (SSSR count). The molecule has 1 aromatic heterocycles. The molecule has 0 saturated heterocycles. The predicted molar refractivity (Wildman–Crippen MR) is 138 cm³/mol. The third-order valence-corrected chi connectivity index (χ3v) is 7.54. The number of carbonyl (C=O) groups excluding carboxylic acids is 2. The summed E-state index contributed by atoms with van der Waals surface area (Å²) < 4.78 is 0. The van der Waals surface area contributed by atoms with Gasteiger partial charge in [0.05, 0.1) is 24.1 Å². The minimum absolute atomic E-state index is 0.111. The van der Waals surface area contributed by atoms with Crippen molar-refractivity contribution in [2.24, 2.45) is 0 Å². The minimum Gasteiger partial charge on any atom is -0.391 e. The van der Waals surface area contributed by atoms with Gasteiger partial charge >= 0.3 is 0 Å². The Morgan fingerprint density at radius 2 is 1.78 bits per heavy atom. The lowest BCUT2D eigenvalue weighted by Gasteiger charge is -2.48. The molecule has 4 atom stereocenters. The van der Waals surface area contributed by atoms with E-state index in [0.717, 1.165) is 41.6 Å². The number of nitrogens with zero attached hydrogens (tertiary/aromatic N) is 2. The van der Waals surface area contributed by atoms with Crippen molar-refractivity contribution >= 4 is 11.8 Å². The van der Waals surface area contributed by atoms with E-state index in [2.05, 4.69) is 10.3 Å². The molecule has 36 heavy (non-hydrogen) atoms. The molecule has 2 aromatic carbocycles. The second kappa shape index (κ2) is 10.6. The molecule has 186 valence electrons. The summed E-state index contributed by atoms with van der Waals surface area (Å²) in [5.41, 5.74) is 4.22. The van der Waals surface area contributed by atoms with Crippen LogP contribution in [0.15, 0.2) is 72.9 Å². The van der Waals surface area contributed by atoms with Crippen LogP contribution in [0.25, 0.3) is 0 Å². The van der Waals surface area contributed by atoms with E-state index < -0.39 is 18.1 Å². The van der Waals surface area contributed by atoms with Crippen molar-refractivity contribution in [2.75, 3.05) is 6.54 Å². The summed E-state index contributed by atoms with van der Waals surface area (Å²) in [7, 11) is 0. The van der Waals surface area contributed by atoms with Crippen LogP contribution >= 0.6 is 0 Å². The van der Waals surface area contributed by atoms with Crippen molar-refractivity contribution in [3.63, 3.8) is 0 Å². The number of carbonyl (C=O) groups is 2. The number of amides is 2. The van der Waals surface area contributed by atoms with Crippen LogP contribution < -0.4 is 5.32 Å². The average Bonchev–Trinajstić information content (AvgIpc) is 2.90. The molecule has 2 amide bonds. The van der Waals surface area contributed by atoms with Gasteiger partial charge in [0, 0.05) is 30.4 Å². The molecular formula is C30H33N3O3. The van der Waals surface area contributed by atoms with Gasteiger partial charge in [0.15, 0.2) is 0 Å². The van der Waals surface area contributed by atoms with Gasteiger partial charge < -0.3 is 15.3 Å². The van der Waals surface area contributed by atoms with E-state index >= 15 is 0 Å². The minimum atomic E-state index is -0.603. The zero-order valence-electron chi connectivity index (χ0n) is 20.6. The molecule has 0 bridgehead atoms. The van der Waals surface area contributed by atoms with Crippen LogP contribution in [0.1, 0.15) is 70.4 Å². The van der Waals surface area contributed by atoms with Gasteiger partial charge in [-0.25, -0.2) is 0 Å². The van der Waals surface area contributed by atoms with Crippen molar-refractivity contribution in [3.8, 4) is 0 Å². The third-order valence-electron chi connectivity index (χ3n) is 7.54. The second-order valence-electron chi connectivity index (χ2n) is 9.91. The van der Waals surface area contributed by atoms with Gasteiger partial charge in [-0.3, -0.25) is 14.6 Å². The van der Waals surface area contributed by atoms with Gasteiger partial charge in [-0.1, -0.05) is 66.9 Å². The maximum Gasteiger partial charge on any atom is 0.255 e. The molecule has 2 N–H and O–H groups in total. The fraction of sp³-hybridized carbons (Fsp3) is 0.367. The number of hydrogen-bond acceptors (Lipinski definition) is 4. The van der Waals surface area contributed by atoms with Gasteiger partial charge in [-0.2, -0.15) is 0 Å². The zero-order chi connectivity index (χ0) is 25.1. The van der Waals surface area contributed by atoms with E-state index in [4.69, 9.17) is 0 Å². The highest BCUT2D eigenvalue weighted by Gasteiger charge is 2.48. The largest absolute Gasteiger partial charge is 0.391 e. The molecule has 0 spiro atoms. The fourth-order valence-electron chi connectivity index (χ4n) is 5.70. The van der Waals surface area contributed by atoms with E-state index in [1.165, 1.54) is 0 Å². The number of hydrogen-bond donors (Lipinski definition) is 2. The van der Waals surface area contributed by atoms with E-state index in [1.54, 1.807) is 12.3 Å². The SMILES string of the molecule is Cc1ccc(C2C(C(=O)NCCc3ccccn3)c3ccccc3C(=O)N2C2CCCCC2O)cc1. The Kier molecular flexibility index (Phi) is 7.14. The molecule has 1 fully saturated rings. The van der Waals surface area contributed by atoms with Crippen LogP contribution in [-0.4, -0.2) is 45.5 Å². The topological polar surface area (TPSA) is 82.5 Å². The highest BCUT2D eigenvalue weighted by Crippen LogP contribution is 2.45. The van der Waals surface area contributed by atoms with Crippen LogP contribution in [0.4, 0.5) is 0 Å². The van der Waals surface area contributed by atoms with E-state index in [1.807, 2.05) is 72.5 Å². The molecule has 1 aliphatic carbocycles. The molecule has 0 radical (unpaired) electrons. The van der Waals surface area contributed by atoms with Crippen molar-refractivity contribution in [2.45, 2.75) is 63.1 Å². The third kappa shape index (κ3) is 4.78. The summed E-state index contributed by atoms with van der Waals surface area (Å²) in [6, 6.07) is 20.4. The van der Waals surface area contributed by atoms with E-state index in [0.29, 0.717) is 24.9 Å². The average molecular weight is 484 g/mol. The number of nitrogens with one attached hydrogen (secondary N) is 1. The number of fused-ring (bicyclic) bond motifs is 1. The molecule has 2 heterocycles. The number of aryl methyl sites for hydroxylation is 1. The number of benzene rings is 2. The molecular weight excluding hydrogens is 450 g/mol. The molecule has 3 aromatic rings. The molecule has 4 unspecified atom stereocenters. The maximum atomic E-state index is 14.0. The Balaban J connectivity index is 1.54. The quantitative estimate of drug-likeness (QED) is 0.547. The van der Waals surface area contributed by atoms with Crippen LogP contribution in [0.3, 0.4) is 0 Å². The Labute approximate surface area is 212 Å². The van der Waals surface area contributed by atoms with Gasteiger partial charge in [-0.15, -0.1) is 0 Å². The number of aliphatic hydroxyl groups excluding tert-OH is 1. The number of rotatable bonds is 6. The normalized spacial score (nSPS) is 23.7. The molecule has 1 saturated carbocycles. The van der Waals surface area contributed by atoms with Gasteiger partial charge in [0.1, 0.15) is 0 Å². The summed E-state index contributed by atoms with van der Waals surface area (Å²) in [4.78, 5) is 34.0. The fourth-order valence-corrected chi connectivity index (χ4v) is 5.70. The van der Waals surface area contributed by atoms with Crippen molar-refractivity contribution in [1.82, 2.24) is 15.2 Å².